The Balaban J connectivity index is 1.80. The molecular weight excluding hydrogens is 492 g/mol. The van der Waals surface area contributed by atoms with Crippen molar-refractivity contribution in [2.75, 3.05) is 6.54 Å². The number of pyridine rings is 1. The average molecular weight is 523 g/mol. The molecule has 0 aromatic carbocycles. The van der Waals surface area contributed by atoms with Gasteiger partial charge in [-0.25, -0.2) is 9.78 Å². The molecule has 1 amide bonds. The van der Waals surface area contributed by atoms with E-state index in [2.05, 4.69) is 22.3 Å². The van der Waals surface area contributed by atoms with Crippen molar-refractivity contribution in [3.05, 3.63) is 33.6 Å². The molecule has 2 heterocycles. The molecule has 34 heavy (non-hydrogen) atoms. The first-order chi connectivity index (χ1) is 16.1. The molecule has 0 fully saturated rings. The quantitative estimate of drug-likeness (QED) is 0.269. The second-order valence-corrected chi connectivity index (χ2v) is 8.93. The Morgan fingerprint density at radius 2 is 1.62 bits per heavy atom. The molecule has 2 rings (SSSR count). The van der Waals surface area contributed by atoms with Gasteiger partial charge in [-0.15, -0.1) is 5.10 Å². The van der Waals surface area contributed by atoms with Crippen molar-refractivity contribution in [2.24, 2.45) is 0 Å². The molecule has 0 atom stereocenters. The van der Waals surface area contributed by atoms with Crippen molar-refractivity contribution in [1.29, 1.82) is 0 Å². The fourth-order valence-corrected chi connectivity index (χ4v) is 3.71. The van der Waals surface area contributed by atoms with E-state index in [9.17, 15) is 18.0 Å². The first-order valence-electron chi connectivity index (χ1n) is 11.6. The number of hydrogen-bond acceptors (Lipinski definition) is 4. The van der Waals surface area contributed by atoms with Crippen LogP contribution in [-0.4, -0.2) is 27.3 Å². The maximum atomic E-state index is 12.8. The summed E-state index contributed by atoms with van der Waals surface area (Å²) in [4.78, 5) is 16.1. The fourth-order valence-electron chi connectivity index (χ4n) is 3.35. The van der Waals surface area contributed by atoms with Crippen molar-refractivity contribution in [3.8, 4) is 11.8 Å². The van der Waals surface area contributed by atoms with Crippen molar-refractivity contribution in [1.82, 2.24) is 20.1 Å². The molecule has 0 radical (unpaired) electrons. The van der Waals surface area contributed by atoms with Crippen LogP contribution in [0.4, 0.5) is 18.0 Å². The maximum Gasteiger partial charge on any atom is 0.417 e. The maximum absolute atomic E-state index is 12.8. The number of amides is 1. The fraction of sp³-hybridized carbons (Fsp3) is 0.609. The third kappa shape index (κ3) is 8.65. The highest BCUT2D eigenvalue weighted by Gasteiger charge is 2.32. The van der Waals surface area contributed by atoms with Crippen LogP contribution in [0.1, 0.15) is 82.4 Å². The van der Waals surface area contributed by atoms with E-state index < -0.39 is 17.8 Å². The average Bonchev–Trinajstić information content (AvgIpc) is 3.06. The molecule has 6 nitrogen and oxygen atoms in total. The van der Waals surface area contributed by atoms with Gasteiger partial charge in [-0.3, -0.25) is 0 Å². The predicted molar refractivity (Wildman–Crippen MR) is 127 cm³/mol. The highest BCUT2D eigenvalue weighted by Crippen LogP contribution is 2.36. The second-order valence-electron chi connectivity index (χ2n) is 8.14. The summed E-state index contributed by atoms with van der Waals surface area (Å²) in [7, 11) is 0. The number of ether oxygens (including phenoxy) is 1. The smallest absolute Gasteiger partial charge is 0.416 e. The zero-order chi connectivity index (χ0) is 25.1. The third-order valence-corrected chi connectivity index (χ3v) is 6.05. The number of halogens is 5. The summed E-state index contributed by atoms with van der Waals surface area (Å²) in [6, 6.07) is 0.220. The summed E-state index contributed by atoms with van der Waals surface area (Å²) in [5.74, 6) is -0.477. The van der Waals surface area contributed by atoms with E-state index in [0.717, 1.165) is 23.9 Å². The van der Waals surface area contributed by atoms with Crippen LogP contribution < -0.4 is 10.1 Å². The molecule has 0 saturated carbocycles. The van der Waals surface area contributed by atoms with Gasteiger partial charge in [0.1, 0.15) is 10.0 Å². The number of alkyl halides is 3. The molecular formula is C23H31Cl2F3N4O2. The third-order valence-electron chi connectivity index (χ3n) is 5.34. The molecule has 1 N–H and O–H groups in total. The largest absolute Gasteiger partial charge is 0.417 e. The molecule has 2 aromatic heterocycles. The topological polar surface area (TPSA) is 69.0 Å². The van der Waals surface area contributed by atoms with Crippen LogP contribution in [-0.2, 0) is 6.18 Å². The molecule has 11 heteroatoms. The second kappa shape index (κ2) is 13.8. The summed E-state index contributed by atoms with van der Waals surface area (Å²) in [5, 5.41) is 6.48. The van der Waals surface area contributed by atoms with Gasteiger partial charge in [0.15, 0.2) is 0 Å². The minimum absolute atomic E-state index is 0.0341. The molecule has 190 valence electrons. The lowest BCUT2D eigenvalue weighted by atomic mass is 10.1. The van der Waals surface area contributed by atoms with Gasteiger partial charge in [0.25, 0.3) is 5.88 Å². The normalized spacial score (nSPS) is 11.6. The summed E-state index contributed by atoms with van der Waals surface area (Å²) in [6.45, 7) is 4.28. The number of carbonyl (C=O) groups excluding carboxylic acids is 1. The minimum Gasteiger partial charge on any atom is -0.416 e. The van der Waals surface area contributed by atoms with Crippen molar-refractivity contribution in [3.63, 3.8) is 0 Å². The predicted octanol–water partition coefficient (Wildman–Crippen LogP) is 8.18. The Kier molecular flexibility index (Phi) is 11.4. The number of hydrogen-bond donors (Lipinski definition) is 1. The Hall–Kier alpha value is -2.00. The van der Waals surface area contributed by atoms with Gasteiger partial charge >= 0.3 is 12.2 Å². The van der Waals surface area contributed by atoms with E-state index >= 15 is 0 Å². The van der Waals surface area contributed by atoms with Crippen LogP contribution in [0.2, 0.25) is 10.0 Å². The van der Waals surface area contributed by atoms with Gasteiger partial charge in [0.05, 0.1) is 11.3 Å². The zero-order valence-electron chi connectivity index (χ0n) is 19.5. The summed E-state index contributed by atoms with van der Waals surface area (Å²) >= 11 is 12.1. The van der Waals surface area contributed by atoms with E-state index in [0.29, 0.717) is 24.5 Å². The van der Waals surface area contributed by atoms with Gasteiger partial charge in [-0.1, -0.05) is 87.9 Å². The van der Waals surface area contributed by atoms with E-state index in [4.69, 9.17) is 27.9 Å². The molecule has 0 spiro atoms. The van der Waals surface area contributed by atoms with Crippen LogP contribution in [0.5, 0.6) is 11.8 Å². The van der Waals surface area contributed by atoms with Gasteiger partial charge in [0.2, 0.25) is 5.88 Å². The van der Waals surface area contributed by atoms with Gasteiger partial charge in [-0.05, 0) is 19.4 Å². The van der Waals surface area contributed by atoms with E-state index in [1.54, 1.807) is 6.92 Å². The number of unbranched alkanes of at least 4 members (excludes halogenated alkanes) is 9. The molecule has 2 aromatic rings. The minimum atomic E-state index is -4.59. The van der Waals surface area contributed by atoms with Gasteiger partial charge in [-0.2, -0.15) is 17.9 Å². The molecule has 0 bridgehead atoms. The van der Waals surface area contributed by atoms with E-state index in [-0.39, 0.29) is 21.8 Å². The zero-order valence-corrected chi connectivity index (χ0v) is 21.0. The Labute approximate surface area is 208 Å². The number of carbonyl (C=O) groups is 1. The summed E-state index contributed by atoms with van der Waals surface area (Å²) < 4.78 is 44.7. The number of rotatable bonds is 13. The van der Waals surface area contributed by atoms with Crippen LogP contribution in [0.3, 0.4) is 0 Å². The van der Waals surface area contributed by atoms with Crippen molar-refractivity contribution in [2.45, 2.75) is 84.2 Å². The molecule has 0 unspecified atom stereocenters. The highest BCUT2D eigenvalue weighted by molar-refractivity contribution is 6.33. The monoisotopic (exact) mass is 522 g/mol. The molecule has 0 saturated heterocycles. The Bertz CT molecular complexity index is 936. The Morgan fingerprint density at radius 3 is 2.18 bits per heavy atom. The summed E-state index contributed by atoms with van der Waals surface area (Å²) in [6.07, 6.45) is 7.96. The van der Waals surface area contributed by atoms with Crippen LogP contribution in [0.25, 0.3) is 0 Å². The van der Waals surface area contributed by atoms with E-state index in [1.165, 1.54) is 44.9 Å². The molecule has 0 aliphatic rings. The van der Waals surface area contributed by atoms with Crippen molar-refractivity contribution < 1.29 is 22.7 Å². The van der Waals surface area contributed by atoms with Gasteiger partial charge in [0, 0.05) is 12.7 Å². The standard InChI is InChI=1S/C23H31Cl2F3N4O2/c1-3-4-5-6-7-8-9-10-11-12-13-29-22(33)32-16(2)19(25)21(31-32)34-20-18(24)14-17(15-30-20)23(26,27)28/h14-15H,3-13H2,1-2H3,(H,29,33). The first kappa shape index (κ1) is 28.2. The van der Waals surface area contributed by atoms with Crippen LogP contribution >= 0.6 is 23.2 Å². The molecule has 0 aliphatic carbocycles. The lowest BCUT2D eigenvalue weighted by molar-refractivity contribution is -0.137. The lowest BCUT2D eigenvalue weighted by Gasteiger charge is -2.09. The number of nitrogens with zero attached hydrogens (tertiary/aromatic N) is 3. The number of nitrogens with one attached hydrogen (secondary N) is 1. The van der Waals surface area contributed by atoms with Crippen LogP contribution in [0, 0.1) is 6.92 Å². The highest BCUT2D eigenvalue weighted by atomic mass is 35.5. The summed E-state index contributed by atoms with van der Waals surface area (Å²) in [5.41, 5.74) is -0.690. The Morgan fingerprint density at radius 1 is 1.03 bits per heavy atom. The van der Waals surface area contributed by atoms with Crippen LogP contribution in [0.15, 0.2) is 12.3 Å². The first-order valence-corrected chi connectivity index (χ1v) is 12.3. The molecule has 0 aliphatic heterocycles. The SMILES string of the molecule is CCCCCCCCCCCCNC(=O)n1nc(Oc2ncc(C(F)(F)F)cc2Cl)c(Cl)c1C. The van der Waals surface area contributed by atoms with Crippen molar-refractivity contribution >= 4 is 29.2 Å². The van der Waals surface area contributed by atoms with E-state index in [1.807, 2.05) is 0 Å². The lowest BCUT2D eigenvalue weighted by Crippen LogP contribution is -2.30. The van der Waals surface area contributed by atoms with Gasteiger partial charge < -0.3 is 10.1 Å². The number of aromatic nitrogens is 3.